The molecular weight excluding hydrogens is 550 g/mol. The highest BCUT2D eigenvalue weighted by atomic mass is 32.2. The van der Waals surface area contributed by atoms with E-state index in [-0.39, 0.29) is 34.1 Å². The van der Waals surface area contributed by atoms with Crippen LogP contribution in [-0.2, 0) is 14.8 Å². The number of benzene rings is 2. The summed E-state index contributed by atoms with van der Waals surface area (Å²) in [4.78, 5) is 17.8. The lowest BCUT2D eigenvalue weighted by Gasteiger charge is -2.46. The van der Waals surface area contributed by atoms with Crippen LogP contribution in [0, 0.1) is 17.0 Å². The van der Waals surface area contributed by atoms with Crippen LogP contribution in [0.15, 0.2) is 47.4 Å². The molecule has 11 heteroatoms. The fourth-order valence-corrected chi connectivity index (χ4v) is 8.55. The van der Waals surface area contributed by atoms with E-state index >= 15 is 0 Å². The van der Waals surface area contributed by atoms with Gasteiger partial charge in [-0.1, -0.05) is 0 Å². The molecule has 2 aliphatic heterocycles. The van der Waals surface area contributed by atoms with Crippen LogP contribution < -0.4 is 5.73 Å². The Morgan fingerprint density at radius 3 is 2.20 bits per heavy atom. The summed E-state index contributed by atoms with van der Waals surface area (Å²) in [5.41, 5.74) is 5.51. The molecule has 2 aromatic rings. The number of piperidine rings is 1. The summed E-state index contributed by atoms with van der Waals surface area (Å²) in [5.74, 6) is -1.59. The second kappa shape index (κ2) is 11.2. The van der Waals surface area contributed by atoms with Crippen molar-refractivity contribution in [2.24, 2.45) is 11.1 Å². The summed E-state index contributed by atoms with van der Waals surface area (Å²) in [6.45, 7) is 7.33. The van der Waals surface area contributed by atoms with Gasteiger partial charge in [-0.05, 0) is 93.3 Å². The molecule has 3 fully saturated rings. The fraction of sp³-hybridized carbons (Fsp3) is 0.567. The van der Waals surface area contributed by atoms with Crippen molar-refractivity contribution in [1.29, 1.82) is 0 Å². The summed E-state index contributed by atoms with van der Waals surface area (Å²) in [6.07, 6.45) is 3.25. The zero-order valence-electron chi connectivity index (χ0n) is 23.7. The number of aromatic hydroxyl groups is 1. The van der Waals surface area contributed by atoms with Crippen LogP contribution in [0.2, 0.25) is 0 Å². The van der Waals surface area contributed by atoms with Gasteiger partial charge >= 0.3 is 0 Å². The third kappa shape index (κ3) is 6.00. The topological polar surface area (TPSA) is 107 Å². The molecule has 0 aromatic heterocycles. The predicted molar refractivity (Wildman–Crippen MR) is 151 cm³/mol. The molecule has 2 atom stereocenters. The van der Waals surface area contributed by atoms with E-state index < -0.39 is 39.2 Å². The minimum Gasteiger partial charge on any atom is -0.508 e. The third-order valence-electron chi connectivity index (χ3n) is 9.34. The molecule has 3 aliphatic rings. The Labute approximate surface area is 241 Å². The van der Waals surface area contributed by atoms with Gasteiger partial charge in [0.25, 0.3) is 0 Å². The van der Waals surface area contributed by atoms with E-state index in [2.05, 4.69) is 18.7 Å². The van der Waals surface area contributed by atoms with Crippen LogP contribution in [0.25, 0.3) is 0 Å². The number of piperazine rings is 1. The van der Waals surface area contributed by atoms with Crippen LogP contribution in [0.5, 0.6) is 5.75 Å². The molecule has 1 amide bonds. The standard InChI is InChI=1S/C30H40F2N4O4S/c1-29(2,20-33)35-14-12-34(13-15-35)28(38)19-30(10-11-30)27-5-3-4-26(21-16-22(31)18-23(32)17-21)36(27)41(39,40)25-8-6-24(37)7-9-25/h6-9,16-18,26-27,37H,3-5,10-15,19-20,33H2,1-2H3/t26-,27?/m0/s1. The number of carbonyl (C=O) groups excluding carboxylic acids is 1. The Morgan fingerprint density at radius 2 is 1.63 bits per heavy atom. The van der Waals surface area contributed by atoms with Crippen molar-refractivity contribution in [2.45, 2.75) is 74.9 Å². The number of halogens is 2. The molecule has 2 heterocycles. The molecule has 8 nitrogen and oxygen atoms in total. The van der Waals surface area contributed by atoms with E-state index in [0.29, 0.717) is 51.7 Å². The number of phenols is 1. The van der Waals surface area contributed by atoms with Crippen molar-refractivity contribution < 1.29 is 27.1 Å². The Kier molecular flexibility index (Phi) is 8.19. The van der Waals surface area contributed by atoms with E-state index in [1.165, 1.54) is 40.7 Å². The van der Waals surface area contributed by atoms with Crippen molar-refractivity contribution in [2.75, 3.05) is 32.7 Å². The summed E-state index contributed by atoms with van der Waals surface area (Å²) < 4.78 is 58.5. The van der Waals surface area contributed by atoms with Crippen LogP contribution in [0.3, 0.4) is 0 Å². The van der Waals surface area contributed by atoms with E-state index in [1.54, 1.807) is 0 Å². The molecular formula is C30H40F2N4O4S. The van der Waals surface area contributed by atoms with Crippen LogP contribution in [0.1, 0.15) is 64.0 Å². The number of sulfonamides is 1. The van der Waals surface area contributed by atoms with Gasteiger partial charge in [0.05, 0.1) is 10.9 Å². The van der Waals surface area contributed by atoms with Crippen molar-refractivity contribution >= 4 is 15.9 Å². The number of hydrogen-bond donors (Lipinski definition) is 2. The SMILES string of the molecule is CC(C)(CN)N1CCN(C(=O)CC2(C3CCC[C@@H](c4cc(F)cc(F)c4)N3S(=O)(=O)c3ccc(O)cc3)CC2)CC1. The molecule has 1 saturated carbocycles. The molecule has 41 heavy (non-hydrogen) atoms. The molecule has 0 bridgehead atoms. The Balaban J connectivity index is 1.44. The average molecular weight is 591 g/mol. The van der Waals surface area contributed by atoms with Crippen molar-refractivity contribution in [3.63, 3.8) is 0 Å². The highest BCUT2D eigenvalue weighted by molar-refractivity contribution is 7.89. The Hall–Kier alpha value is -2.60. The van der Waals surface area contributed by atoms with Gasteiger partial charge in [0.2, 0.25) is 15.9 Å². The lowest BCUT2D eigenvalue weighted by molar-refractivity contribution is -0.135. The predicted octanol–water partition coefficient (Wildman–Crippen LogP) is 4.01. The number of amides is 1. The first-order chi connectivity index (χ1) is 19.4. The van der Waals surface area contributed by atoms with Gasteiger partial charge in [0.1, 0.15) is 17.4 Å². The smallest absolute Gasteiger partial charge is 0.243 e. The minimum absolute atomic E-state index is 0.00797. The first-order valence-electron chi connectivity index (χ1n) is 14.4. The molecule has 1 unspecified atom stereocenters. The number of nitrogens with two attached hydrogens (primary N) is 1. The molecule has 0 spiro atoms. The summed E-state index contributed by atoms with van der Waals surface area (Å²) >= 11 is 0. The lowest BCUT2D eigenvalue weighted by atomic mass is 9.82. The molecule has 224 valence electrons. The number of rotatable bonds is 8. The molecule has 5 rings (SSSR count). The summed E-state index contributed by atoms with van der Waals surface area (Å²) in [6, 6.07) is 7.18. The van der Waals surface area contributed by atoms with Gasteiger partial charge in [0.15, 0.2) is 0 Å². The lowest BCUT2D eigenvalue weighted by Crippen LogP contribution is -2.58. The highest BCUT2D eigenvalue weighted by Crippen LogP contribution is 2.58. The third-order valence-corrected chi connectivity index (χ3v) is 11.3. The monoisotopic (exact) mass is 590 g/mol. The first kappa shape index (κ1) is 29.9. The number of phenolic OH excluding ortho intramolecular Hbond substituents is 1. The van der Waals surface area contributed by atoms with E-state index in [9.17, 15) is 27.1 Å². The van der Waals surface area contributed by atoms with E-state index in [1.807, 2.05) is 4.90 Å². The van der Waals surface area contributed by atoms with Crippen molar-refractivity contribution in [1.82, 2.24) is 14.1 Å². The second-order valence-corrected chi connectivity index (χ2v) is 14.3. The minimum atomic E-state index is -4.15. The van der Waals surface area contributed by atoms with Gasteiger partial charge in [-0.25, -0.2) is 17.2 Å². The Bertz CT molecular complexity index is 1350. The molecule has 2 saturated heterocycles. The van der Waals surface area contributed by atoms with Crippen LogP contribution in [-0.4, -0.2) is 77.8 Å². The quantitative estimate of drug-likeness (QED) is 0.481. The van der Waals surface area contributed by atoms with Crippen molar-refractivity contribution in [3.8, 4) is 5.75 Å². The number of hydrogen-bond acceptors (Lipinski definition) is 6. The van der Waals surface area contributed by atoms with Crippen LogP contribution >= 0.6 is 0 Å². The zero-order valence-corrected chi connectivity index (χ0v) is 24.5. The molecule has 1 aliphatic carbocycles. The zero-order chi connectivity index (χ0) is 29.6. The van der Waals surface area contributed by atoms with Gasteiger partial charge in [-0.3, -0.25) is 9.69 Å². The normalized spacial score (nSPS) is 23.9. The largest absolute Gasteiger partial charge is 0.508 e. The van der Waals surface area contributed by atoms with Gasteiger partial charge < -0.3 is 15.7 Å². The summed E-state index contributed by atoms with van der Waals surface area (Å²) in [5, 5.41) is 9.77. The number of carbonyl (C=O) groups is 1. The van der Waals surface area contributed by atoms with Gasteiger partial charge in [-0.15, -0.1) is 0 Å². The highest BCUT2D eigenvalue weighted by Gasteiger charge is 2.57. The van der Waals surface area contributed by atoms with E-state index in [4.69, 9.17) is 5.73 Å². The second-order valence-electron chi connectivity index (χ2n) is 12.4. The molecule has 3 N–H and O–H groups in total. The maximum absolute atomic E-state index is 14.3. The van der Waals surface area contributed by atoms with Crippen LogP contribution in [0.4, 0.5) is 8.78 Å². The Morgan fingerprint density at radius 1 is 1.02 bits per heavy atom. The average Bonchev–Trinajstić information content (AvgIpc) is 3.72. The molecule has 2 aromatic carbocycles. The van der Waals surface area contributed by atoms with Gasteiger partial charge in [0, 0.05) is 56.8 Å². The van der Waals surface area contributed by atoms with Crippen molar-refractivity contribution in [3.05, 3.63) is 59.7 Å². The number of nitrogens with zero attached hydrogens (tertiary/aromatic N) is 3. The first-order valence-corrected chi connectivity index (χ1v) is 15.8. The van der Waals surface area contributed by atoms with Gasteiger partial charge in [-0.2, -0.15) is 4.31 Å². The maximum Gasteiger partial charge on any atom is 0.243 e. The fourth-order valence-electron chi connectivity index (χ4n) is 6.60. The molecule has 0 radical (unpaired) electrons. The van der Waals surface area contributed by atoms with E-state index in [0.717, 1.165) is 19.2 Å². The summed E-state index contributed by atoms with van der Waals surface area (Å²) in [7, 11) is -4.15. The maximum atomic E-state index is 14.3.